The second kappa shape index (κ2) is 23.5. The molecule has 96 heavy (non-hydrogen) atoms. The van der Waals surface area contributed by atoms with Crippen LogP contribution in [0.2, 0.25) is 0 Å². The van der Waals surface area contributed by atoms with E-state index < -0.39 is 34.6 Å². The van der Waals surface area contributed by atoms with Gasteiger partial charge in [0.1, 0.15) is 11.6 Å². The molecule has 0 radical (unpaired) electrons. The van der Waals surface area contributed by atoms with Gasteiger partial charge in [-0.3, -0.25) is 0 Å². The quantitative estimate of drug-likeness (QED) is 0.120. The van der Waals surface area contributed by atoms with E-state index in [2.05, 4.69) is 6.07 Å². The first-order valence-electron chi connectivity index (χ1n) is 31.0. The van der Waals surface area contributed by atoms with Gasteiger partial charge in [-0.25, -0.2) is 19.9 Å². The minimum absolute atomic E-state index is 0.190. The van der Waals surface area contributed by atoms with Gasteiger partial charge in [0.2, 0.25) is 0 Å². The minimum atomic E-state index is -5.29. The highest BCUT2D eigenvalue weighted by atomic mass is 19.4. The number of nitriles is 1. The molecule has 16 rings (SSSR count). The van der Waals surface area contributed by atoms with Crippen molar-refractivity contribution in [2.75, 3.05) is 0 Å². The summed E-state index contributed by atoms with van der Waals surface area (Å²) in [7, 11) is 0. The fourth-order valence-electron chi connectivity index (χ4n) is 13.3. The van der Waals surface area contributed by atoms with Crippen molar-refractivity contribution in [3.05, 3.63) is 314 Å². The van der Waals surface area contributed by atoms with Crippen molar-refractivity contribution in [3.8, 4) is 119 Å². The number of pyridine rings is 4. The summed E-state index contributed by atoms with van der Waals surface area (Å²) in [4.78, 5) is 20.4. The Bertz CT molecular complexity index is 5440. The standard InChI is InChI=1S/C83H49F6N7/c84-82(85,86)65-26-13-27-66(83(87,88)89)80(65)59-40-45-79(95-75-41-36-55(71-32-14-28-67(91-71)51-18-5-1-6-19-51)46-60(75)61-47-56(37-42-76(61)95)72-33-15-29-68(92-72)52-20-7-2-8-21-52)64(50-90)81(59)96-77-43-38-57(73-34-16-30-69(93-73)53-22-9-3-10-23-53)48-62(77)63-49-58(39-44-78(63)96)74-35-17-31-70(94-74)54-24-11-4-12-25-54/h1-49H. The Labute approximate surface area is 546 Å². The van der Waals surface area contributed by atoms with E-state index in [1.54, 1.807) is 16.7 Å². The molecule has 0 N–H and O–H groups in total. The van der Waals surface area contributed by atoms with E-state index in [-0.39, 0.29) is 16.9 Å². The number of hydrogen-bond donors (Lipinski definition) is 0. The van der Waals surface area contributed by atoms with Crippen molar-refractivity contribution in [1.82, 2.24) is 29.1 Å². The van der Waals surface area contributed by atoms with Gasteiger partial charge in [-0.2, -0.15) is 31.6 Å². The Balaban J connectivity index is 0.991. The van der Waals surface area contributed by atoms with E-state index in [0.29, 0.717) is 90.3 Å². The van der Waals surface area contributed by atoms with Crippen LogP contribution in [0.25, 0.3) is 156 Å². The molecule has 0 aliphatic rings. The third-order valence-corrected chi connectivity index (χ3v) is 17.7. The van der Waals surface area contributed by atoms with Gasteiger partial charge < -0.3 is 9.13 Å². The average molecular weight is 1260 g/mol. The first kappa shape index (κ1) is 58.5. The minimum Gasteiger partial charge on any atom is -0.308 e. The molecule has 0 saturated carbocycles. The highest BCUT2D eigenvalue weighted by molar-refractivity contribution is 6.14. The van der Waals surface area contributed by atoms with Gasteiger partial charge in [0, 0.05) is 77.2 Å². The van der Waals surface area contributed by atoms with Gasteiger partial charge in [-0.05, 0) is 115 Å². The lowest BCUT2D eigenvalue weighted by atomic mass is 9.90. The first-order chi connectivity index (χ1) is 46.8. The van der Waals surface area contributed by atoms with Crippen molar-refractivity contribution in [1.29, 1.82) is 5.26 Å². The molecule has 0 saturated heterocycles. The molecule has 13 heteroatoms. The Morgan fingerprint density at radius 2 is 0.562 bits per heavy atom. The Morgan fingerprint density at radius 1 is 0.281 bits per heavy atom. The molecule has 7 nitrogen and oxygen atoms in total. The lowest BCUT2D eigenvalue weighted by molar-refractivity contribution is -0.142. The van der Waals surface area contributed by atoms with E-state index >= 15 is 26.3 Å². The molecule has 10 aromatic carbocycles. The lowest BCUT2D eigenvalue weighted by Crippen LogP contribution is -2.16. The SMILES string of the molecule is N#Cc1c(-n2c3ccc(-c4cccc(-c5ccccc5)n4)cc3c3cc(-c4cccc(-c5ccccc5)n4)ccc32)ccc(-c2c(C(F)(F)F)cccc2C(F)(F)F)c1-n1c2ccc(-c3cccc(-c4ccccc4)n3)cc2c2cc(-c3cccc(-c4ccccc4)n3)ccc21. The molecular weight excluding hydrogens is 1210 g/mol. The zero-order valence-corrected chi connectivity index (χ0v) is 50.7. The molecule has 0 fully saturated rings. The third kappa shape index (κ3) is 10.5. The van der Waals surface area contributed by atoms with Crippen LogP contribution >= 0.6 is 0 Å². The summed E-state index contributed by atoms with van der Waals surface area (Å²) in [5.41, 5.74) is 9.11. The number of fused-ring (bicyclic) bond motifs is 6. The van der Waals surface area contributed by atoms with Crippen LogP contribution in [-0.4, -0.2) is 29.1 Å². The number of rotatable bonds is 11. The molecule has 0 aliphatic carbocycles. The molecule has 0 unspecified atom stereocenters. The summed E-state index contributed by atoms with van der Waals surface area (Å²) in [5, 5.41) is 14.8. The molecule has 6 aromatic heterocycles. The van der Waals surface area contributed by atoms with Gasteiger partial charge >= 0.3 is 12.4 Å². The summed E-state index contributed by atoms with van der Waals surface area (Å²) in [6.45, 7) is 0. The molecule has 458 valence electrons. The molecule has 0 amide bonds. The van der Waals surface area contributed by atoms with E-state index in [1.807, 2.05) is 259 Å². The molecule has 0 aliphatic heterocycles. The van der Waals surface area contributed by atoms with E-state index in [9.17, 15) is 5.26 Å². The van der Waals surface area contributed by atoms with Gasteiger partial charge in [0.15, 0.2) is 0 Å². The third-order valence-electron chi connectivity index (χ3n) is 17.7. The van der Waals surface area contributed by atoms with Crippen molar-refractivity contribution >= 4 is 43.6 Å². The average Bonchev–Trinajstić information content (AvgIpc) is 1.51. The maximum atomic E-state index is 15.9. The summed E-state index contributed by atoms with van der Waals surface area (Å²) in [5.74, 6) is 0. The topological polar surface area (TPSA) is 85.2 Å². The van der Waals surface area contributed by atoms with Crippen LogP contribution in [0.15, 0.2) is 297 Å². The van der Waals surface area contributed by atoms with Crippen LogP contribution in [0.1, 0.15) is 16.7 Å². The maximum absolute atomic E-state index is 15.9. The second-order valence-corrected chi connectivity index (χ2v) is 23.4. The van der Waals surface area contributed by atoms with Gasteiger partial charge in [0.05, 0.1) is 90.1 Å². The monoisotopic (exact) mass is 1260 g/mol. The predicted octanol–water partition coefficient (Wildman–Crippen LogP) is 22.4. The smallest absolute Gasteiger partial charge is 0.308 e. The first-order valence-corrected chi connectivity index (χ1v) is 31.0. The summed E-state index contributed by atoms with van der Waals surface area (Å²) >= 11 is 0. The summed E-state index contributed by atoms with van der Waals surface area (Å²) in [6.07, 6.45) is -10.6. The number of nitrogens with zero attached hydrogens (tertiary/aromatic N) is 7. The highest BCUT2D eigenvalue weighted by Gasteiger charge is 2.42. The zero-order chi connectivity index (χ0) is 65.2. The zero-order valence-electron chi connectivity index (χ0n) is 50.7. The normalized spacial score (nSPS) is 11.8. The molecular formula is C83H49F6N7. The Kier molecular flexibility index (Phi) is 14.4. The van der Waals surface area contributed by atoms with Crippen molar-refractivity contribution < 1.29 is 26.3 Å². The van der Waals surface area contributed by atoms with Crippen LogP contribution in [0.4, 0.5) is 26.3 Å². The van der Waals surface area contributed by atoms with Gasteiger partial charge in [-0.1, -0.05) is 182 Å². The highest BCUT2D eigenvalue weighted by Crippen LogP contribution is 2.50. The molecule has 0 bridgehead atoms. The summed E-state index contributed by atoms with van der Waals surface area (Å²) in [6, 6.07) is 92.2. The van der Waals surface area contributed by atoms with E-state index in [0.717, 1.165) is 61.6 Å². The largest absolute Gasteiger partial charge is 0.417 e. The van der Waals surface area contributed by atoms with Crippen molar-refractivity contribution in [2.24, 2.45) is 0 Å². The van der Waals surface area contributed by atoms with E-state index in [4.69, 9.17) is 19.9 Å². The lowest BCUT2D eigenvalue weighted by Gasteiger charge is -2.24. The van der Waals surface area contributed by atoms with Crippen LogP contribution in [-0.2, 0) is 12.4 Å². The maximum Gasteiger partial charge on any atom is 0.417 e. The van der Waals surface area contributed by atoms with Gasteiger partial charge in [0.25, 0.3) is 0 Å². The fraction of sp³-hybridized carbons (Fsp3) is 0.0241. The predicted molar refractivity (Wildman–Crippen MR) is 370 cm³/mol. The fourth-order valence-corrected chi connectivity index (χ4v) is 13.3. The van der Waals surface area contributed by atoms with Crippen LogP contribution in [0.3, 0.4) is 0 Å². The number of hydrogen-bond acceptors (Lipinski definition) is 5. The number of benzene rings is 10. The van der Waals surface area contributed by atoms with E-state index in [1.165, 1.54) is 12.1 Å². The second-order valence-electron chi connectivity index (χ2n) is 23.4. The molecule has 16 aromatic rings. The molecule has 0 atom stereocenters. The number of halogens is 6. The van der Waals surface area contributed by atoms with Crippen LogP contribution in [0, 0.1) is 11.3 Å². The van der Waals surface area contributed by atoms with Crippen LogP contribution < -0.4 is 0 Å². The Hall–Kier alpha value is -12.5. The van der Waals surface area contributed by atoms with Crippen molar-refractivity contribution in [3.63, 3.8) is 0 Å². The molecule has 6 heterocycles. The molecule has 0 spiro atoms. The van der Waals surface area contributed by atoms with Crippen LogP contribution in [0.5, 0.6) is 0 Å². The van der Waals surface area contributed by atoms with Crippen molar-refractivity contribution in [2.45, 2.75) is 12.4 Å². The number of aromatic nitrogens is 6. The summed E-state index contributed by atoms with van der Waals surface area (Å²) < 4.78 is 98.7. The number of alkyl halides is 6. The van der Waals surface area contributed by atoms with Gasteiger partial charge in [-0.15, -0.1) is 0 Å². The Morgan fingerprint density at radius 3 is 0.854 bits per heavy atom.